The van der Waals surface area contributed by atoms with E-state index in [1.165, 1.54) is 16.7 Å². The second kappa shape index (κ2) is 5.46. The van der Waals surface area contributed by atoms with Crippen molar-refractivity contribution >= 4 is 40.2 Å². The Hall–Kier alpha value is -0.620. The molecule has 1 rings (SSSR count). The van der Waals surface area contributed by atoms with Crippen LogP contribution in [0.25, 0.3) is 0 Å². The molecule has 1 saturated heterocycles. The van der Waals surface area contributed by atoms with Crippen LogP contribution in [-0.4, -0.2) is 32.9 Å². The highest BCUT2D eigenvalue weighted by atomic mass is 32.2. The molecule has 0 saturated carbocycles. The van der Waals surface area contributed by atoms with Crippen molar-refractivity contribution in [3.63, 3.8) is 0 Å². The zero-order valence-corrected chi connectivity index (χ0v) is 10.0. The number of unbranched alkanes of at least 4 members (excludes halogenated alkanes) is 1. The van der Waals surface area contributed by atoms with Crippen LogP contribution in [0.3, 0.4) is 0 Å². The summed E-state index contributed by atoms with van der Waals surface area (Å²) in [6, 6.07) is -0.889. The molecule has 4 nitrogen and oxygen atoms in total. The summed E-state index contributed by atoms with van der Waals surface area (Å²) >= 11 is 6.15. The third kappa shape index (κ3) is 2.92. The molecule has 0 aromatic rings. The molecule has 15 heavy (non-hydrogen) atoms. The number of carbonyl (C=O) groups excluding carboxylic acids is 2. The van der Waals surface area contributed by atoms with Gasteiger partial charge in [0.25, 0.3) is 0 Å². The highest BCUT2D eigenvalue weighted by Gasteiger charge is 2.33. The van der Waals surface area contributed by atoms with E-state index in [2.05, 4.69) is 0 Å². The number of carbonyl (C=O) groups is 2. The number of thioether (sulfide) groups is 1. The third-order valence-electron chi connectivity index (χ3n) is 2.20. The van der Waals surface area contributed by atoms with E-state index in [0.29, 0.717) is 10.7 Å². The van der Waals surface area contributed by atoms with Crippen LogP contribution in [0.1, 0.15) is 26.2 Å². The van der Waals surface area contributed by atoms with Crippen molar-refractivity contribution in [2.24, 2.45) is 0 Å². The number of nitrogens with zero attached hydrogens (tertiary/aromatic N) is 1. The fourth-order valence-corrected chi connectivity index (χ4v) is 2.58. The summed E-state index contributed by atoms with van der Waals surface area (Å²) < 4.78 is 0.352. The van der Waals surface area contributed by atoms with Gasteiger partial charge in [0.2, 0.25) is 5.91 Å². The van der Waals surface area contributed by atoms with E-state index >= 15 is 0 Å². The summed E-state index contributed by atoms with van der Waals surface area (Å²) in [5.74, 6) is -1.20. The van der Waals surface area contributed by atoms with Gasteiger partial charge in [0.05, 0.1) is 17.8 Å². The highest BCUT2D eigenvalue weighted by molar-refractivity contribution is 8.23. The van der Waals surface area contributed by atoms with Gasteiger partial charge in [0.1, 0.15) is 4.32 Å². The van der Waals surface area contributed by atoms with Crippen molar-refractivity contribution < 1.29 is 14.7 Å². The normalized spacial score (nSPS) is 18.3. The second-order valence-corrected chi connectivity index (χ2v) is 4.90. The number of rotatable bonds is 5. The Bertz CT molecular complexity index is 277. The molecule has 1 atom stereocenters. The number of thiocarbonyl (C=S) groups is 1. The lowest BCUT2D eigenvalue weighted by Crippen LogP contribution is -2.50. The molecule has 1 aliphatic rings. The fourth-order valence-electron chi connectivity index (χ4n) is 1.42. The summed E-state index contributed by atoms with van der Waals surface area (Å²) in [6.07, 6.45) is 2.03. The predicted octanol–water partition coefficient (Wildman–Crippen LogP) is 0.155. The summed E-state index contributed by atoms with van der Waals surface area (Å²) in [6.45, 7) is 1.96. The Morgan fingerprint density at radius 1 is 1.73 bits per heavy atom. The molecule has 6 heteroatoms. The van der Waals surface area contributed by atoms with E-state index < -0.39 is 12.0 Å². The number of amides is 1. The summed E-state index contributed by atoms with van der Waals surface area (Å²) in [5.41, 5.74) is 0. The van der Waals surface area contributed by atoms with Crippen LogP contribution in [0.15, 0.2) is 0 Å². The lowest BCUT2D eigenvalue weighted by molar-refractivity contribution is -0.310. The van der Waals surface area contributed by atoms with Gasteiger partial charge in [-0.2, -0.15) is 0 Å². The van der Waals surface area contributed by atoms with E-state index in [9.17, 15) is 14.7 Å². The molecule has 1 fully saturated rings. The van der Waals surface area contributed by atoms with E-state index in [0.717, 1.165) is 12.8 Å². The maximum atomic E-state index is 11.4. The van der Waals surface area contributed by atoms with Gasteiger partial charge in [-0.05, 0) is 6.42 Å². The Morgan fingerprint density at radius 2 is 2.40 bits per heavy atom. The highest BCUT2D eigenvalue weighted by Crippen LogP contribution is 2.23. The smallest absolute Gasteiger partial charge is 0.239 e. The van der Waals surface area contributed by atoms with Crippen LogP contribution in [0, 0.1) is 0 Å². The van der Waals surface area contributed by atoms with Crippen LogP contribution in [0.2, 0.25) is 0 Å². The molecule has 1 amide bonds. The molecule has 1 heterocycles. The van der Waals surface area contributed by atoms with Gasteiger partial charge in [0.15, 0.2) is 0 Å². The molecule has 0 aromatic carbocycles. The van der Waals surface area contributed by atoms with Gasteiger partial charge in [-0.1, -0.05) is 43.7 Å². The first-order chi connectivity index (χ1) is 7.07. The van der Waals surface area contributed by atoms with E-state index in [4.69, 9.17) is 12.2 Å². The van der Waals surface area contributed by atoms with Crippen molar-refractivity contribution in [3.8, 4) is 0 Å². The SMILES string of the molecule is CCCCC(C(=O)[O-])N1C(=O)CSC1=S. The zero-order valence-electron chi connectivity index (χ0n) is 8.39. The van der Waals surface area contributed by atoms with Crippen molar-refractivity contribution in [1.82, 2.24) is 4.90 Å². The largest absolute Gasteiger partial charge is 0.548 e. The van der Waals surface area contributed by atoms with Crippen LogP contribution >= 0.6 is 24.0 Å². The molecule has 1 aliphatic heterocycles. The minimum atomic E-state index is -1.22. The molecule has 0 aliphatic carbocycles. The van der Waals surface area contributed by atoms with E-state index in [1.807, 2.05) is 6.92 Å². The lowest BCUT2D eigenvalue weighted by Gasteiger charge is -2.27. The number of hydrogen-bond donors (Lipinski definition) is 0. The average molecular weight is 246 g/mol. The first-order valence-corrected chi connectivity index (χ1v) is 6.17. The van der Waals surface area contributed by atoms with E-state index in [-0.39, 0.29) is 11.7 Å². The summed E-state index contributed by atoms with van der Waals surface area (Å²) in [4.78, 5) is 23.5. The lowest BCUT2D eigenvalue weighted by atomic mass is 10.1. The van der Waals surface area contributed by atoms with Gasteiger partial charge >= 0.3 is 0 Å². The maximum Gasteiger partial charge on any atom is 0.239 e. The third-order valence-corrected chi connectivity index (χ3v) is 3.58. The summed E-state index contributed by atoms with van der Waals surface area (Å²) in [5, 5.41) is 10.9. The zero-order chi connectivity index (χ0) is 11.4. The minimum absolute atomic E-state index is 0.227. The number of hydrogen-bond acceptors (Lipinski definition) is 5. The fraction of sp³-hybridized carbons (Fsp3) is 0.667. The molecular formula is C9H12NO3S2-. The molecule has 0 aromatic heterocycles. The molecule has 1 unspecified atom stereocenters. The Labute approximate surface area is 98.0 Å². The molecule has 0 bridgehead atoms. The molecule has 0 spiro atoms. The van der Waals surface area contributed by atoms with Gasteiger partial charge in [0, 0.05) is 0 Å². The number of carboxylic acid groups (broad SMARTS) is 1. The Morgan fingerprint density at radius 3 is 2.80 bits per heavy atom. The first-order valence-electron chi connectivity index (χ1n) is 4.77. The monoisotopic (exact) mass is 246 g/mol. The van der Waals surface area contributed by atoms with Crippen LogP contribution in [-0.2, 0) is 9.59 Å². The average Bonchev–Trinajstić information content (AvgIpc) is 2.49. The van der Waals surface area contributed by atoms with Gasteiger partial charge in [-0.15, -0.1) is 0 Å². The topological polar surface area (TPSA) is 60.4 Å². The van der Waals surface area contributed by atoms with Crippen molar-refractivity contribution in [3.05, 3.63) is 0 Å². The van der Waals surface area contributed by atoms with Crippen LogP contribution in [0.5, 0.6) is 0 Å². The minimum Gasteiger partial charge on any atom is -0.548 e. The summed E-state index contributed by atoms with van der Waals surface area (Å²) in [7, 11) is 0. The van der Waals surface area contributed by atoms with Crippen molar-refractivity contribution in [1.29, 1.82) is 0 Å². The van der Waals surface area contributed by atoms with E-state index in [1.54, 1.807) is 0 Å². The first kappa shape index (κ1) is 12.4. The quantitative estimate of drug-likeness (QED) is 0.646. The van der Waals surface area contributed by atoms with Gasteiger partial charge < -0.3 is 9.90 Å². The Balaban J connectivity index is 2.74. The van der Waals surface area contributed by atoms with Crippen molar-refractivity contribution in [2.75, 3.05) is 5.75 Å². The standard InChI is InChI=1S/C9H13NO3S2/c1-2-3-4-6(8(12)13)10-7(11)5-15-9(10)14/h6H,2-5H2,1H3,(H,12,13)/p-1. The molecule has 0 N–H and O–H groups in total. The number of aliphatic carboxylic acids is 1. The maximum absolute atomic E-state index is 11.4. The van der Waals surface area contributed by atoms with Gasteiger partial charge in [-0.25, -0.2) is 0 Å². The second-order valence-electron chi connectivity index (χ2n) is 3.30. The molecule has 84 valence electrons. The van der Waals surface area contributed by atoms with Crippen molar-refractivity contribution in [2.45, 2.75) is 32.2 Å². The Kier molecular flexibility index (Phi) is 4.53. The molecule has 0 radical (unpaired) electrons. The van der Waals surface area contributed by atoms with Gasteiger partial charge in [-0.3, -0.25) is 9.69 Å². The van der Waals surface area contributed by atoms with Crippen LogP contribution in [0.4, 0.5) is 0 Å². The molecular weight excluding hydrogens is 234 g/mol. The van der Waals surface area contributed by atoms with Crippen LogP contribution < -0.4 is 5.11 Å². The number of carboxylic acids is 1. The predicted molar refractivity (Wildman–Crippen MR) is 60.2 cm³/mol.